The molecule has 0 bridgehead atoms. The Kier molecular flexibility index (Phi) is 6.42. The molecular weight excluding hydrogens is 220 g/mol. The summed E-state index contributed by atoms with van der Waals surface area (Å²) in [4.78, 5) is 0. The summed E-state index contributed by atoms with van der Waals surface area (Å²) in [7, 11) is 0. The Hall–Kier alpha value is -0.300. The van der Waals surface area contributed by atoms with Gasteiger partial charge in [0.15, 0.2) is 0 Å². The van der Waals surface area contributed by atoms with Gasteiger partial charge >= 0.3 is 0 Å². The molecule has 106 valence electrons. The van der Waals surface area contributed by atoms with Crippen LogP contribution in [-0.2, 0) is 0 Å². The van der Waals surface area contributed by atoms with Gasteiger partial charge in [0, 0.05) is 5.92 Å². The van der Waals surface area contributed by atoms with Crippen LogP contribution in [0.15, 0.2) is 12.2 Å². The molecule has 0 spiro atoms. The van der Waals surface area contributed by atoms with E-state index in [4.69, 9.17) is 0 Å². The first-order valence-electron chi connectivity index (χ1n) is 7.82. The van der Waals surface area contributed by atoms with E-state index >= 15 is 0 Å². The molecule has 0 amide bonds. The van der Waals surface area contributed by atoms with Gasteiger partial charge in [0.05, 0.1) is 6.10 Å². The SMILES string of the molecule is C=C(C)C1CCC(C)(CCCCCCC)CC1O. The molecule has 0 saturated heterocycles. The Morgan fingerprint density at radius 2 is 1.94 bits per heavy atom. The average molecular weight is 252 g/mol. The maximum Gasteiger partial charge on any atom is 0.0610 e. The molecule has 1 aliphatic rings. The third-order valence-electron chi connectivity index (χ3n) is 4.74. The fourth-order valence-corrected chi connectivity index (χ4v) is 3.40. The second kappa shape index (κ2) is 7.33. The van der Waals surface area contributed by atoms with E-state index in [1.807, 2.05) is 0 Å². The minimum absolute atomic E-state index is 0.156. The van der Waals surface area contributed by atoms with Crippen molar-refractivity contribution in [3.05, 3.63) is 12.2 Å². The number of hydrogen-bond donors (Lipinski definition) is 1. The summed E-state index contributed by atoms with van der Waals surface area (Å²) in [6, 6.07) is 0. The van der Waals surface area contributed by atoms with E-state index in [2.05, 4.69) is 27.4 Å². The van der Waals surface area contributed by atoms with Crippen LogP contribution < -0.4 is 0 Å². The molecule has 1 heteroatoms. The highest BCUT2D eigenvalue weighted by Gasteiger charge is 2.36. The van der Waals surface area contributed by atoms with Crippen LogP contribution in [0.1, 0.15) is 78.6 Å². The molecule has 1 saturated carbocycles. The van der Waals surface area contributed by atoms with Crippen molar-refractivity contribution in [2.45, 2.75) is 84.7 Å². The predicted octanol–water partition coefficient (Wildman–Crippen LogP) is 5.09. The molecule has 1 N–H and O–H groups in total. The zero-order valence-electron chi connectivity index (χ0n) is 12.7. The van der Waals surface area contributed by atoms with Gasteiger partial charge < -0.3 is 5.11 Å². The normalized spacial score (nSPS) is 32.4. The van der Waals surface area contributed by atoms with Crippen LogP contribution >= 0.6 is 0 Å². The molecule has 0 aromatic carbocycles. The Balaban J connectivity index is 2.31. The van der Waals surface area contributed by atoms with E-state index in [-0.39, 0.29) is 6.10 Å². The Labute approximate surface area is 114 Å². The minimum Gasteiger partial charge on any atom is -0.392 e. The third-order valence-corrected chi connectivity index (χ3v) is 4.74. The minimum atomic E-state index is -0.156. The predicted molar refractivity (Wildman–Crippen MR) is 79.6 cm³/mol. The summed E-state index contributed by atoms with van der Waals surface area (Å²) in [5.74, 6) is 0.346. The molecule has 0 aromatic rings. The summed E-state index contributed by atoms with van der Waals surface area (Å²) in [5.41, 5.74) is 1.53. The maximum atomic E-state index is 10.3. The Bertz CT molecular complexity index is 258. The van der Waals surface area contributed by atoms with Crippen LogP contribution in [0.3, 0.4) is 0 Å². The lowest BCUT2D eigenvalue weighted by atomic mass is 9.66. The highest BCUT2D eigenvalue weighted by molar-refractivity contribution is 5.03. The van der Waals surface area contributed by atoms with Gasteiger partial charge in [0.1, 0.15) is 0 Å². The molecule has 0 radical (unpaired) electrons. The van der Waals surface area contributed by atoms with Gasteiger partial charge in [-0.05, 0) is 38.0 Å². The van der Waals surface area contributed by atoms with E-state index in [1.165, 1.54) is 44.9 Å². The maximum absolute atomic E-state index is 10.3. The number of hydrogen-bond acceptors (Lipinski definition) is 1. The first-order chi connectivity index (χ1) is 8.48. The number of unbranched alkanes of at least 4 members (excludes halogenated alkanes) is 4. The van der Waals surface area contributed by atoms with E-state index in [0.717, 1.165) is 18.4 Å². The molecule has 18 heavy (non-hydrogen) atoms. The van der Waals surface area contributed by atoms with Crippen molar-refractivity contribution in [3.63, 3.8) is 0 Å². The Morgan fingerprint density at radius 3 is 2.50 bits per heavy atom. The van der Waals surface area contributed by atoms with Crippen molar-refractivity contribution >= 4 is 0 Å². The smallest absolute Gasteiger partial charge is 0.0610 e. The van der Waals surface area contributed by atoms with Crippen molar-refractivity contribution in [1.29, 1.82) is 0 Å². The summed E-state index contributed by atoms with van der Waals surface area (Å²) < 4.78 is 0. The van der Waals surface area contributed by atoms with Gasteiger partial charge in [0.2, 0.25) is 0 Å². The standard InChI is InChI=1S/C17H32O/c1-5-6-7-8-9-11-17(4)12-10-15(14(2)3)16(18)13-17/h15-16,18H,2,5-13H2,1,3-4H3. The van der Waals surface area contributed by atoms with Crippen LogP contribution in [0.2, 0.25) is 0 Å². The molecule has 3 unspecified atom stereocenters. The average Bonchev–Trinajstić information content (AvgIpc) is 2.28. The summed E-state index contributed by atoms with van der Waals surface area (Å²) in [6.07, 6.45) is 11.3. The number of aliphatic hydroxyl groups is 1. The van der Waals surface area contributed by atoms with Gasteiger partial charge in [-0.15, -0.1) is 0 Å². The fraction of sp³-hybridized carbons (Fsp3) is 0.882. The monoisotopic (exact) mass is 252 g/mol. The van der Waals surface area contributed by atoms with Crippen molar-refractivity contribution < 1.29 is 5.11 Å². The van der Waals surface area contributed by atoms with Gasteiger partial charge in [-0.3, -0.25) is 0 Å². The summed E-state index contributed by atoms with van der Waals surface area (Å²) >= 11 is 0. The van der Waals surface area contributed by atoms with Crippen molar-refractivity contribution in [2.24, 2.45) is 11.3 Å². The van der Waals surface area contributed by atoms with Crippen LogP contribution in [0.5, 0.6) is 0 Å². The van der Waals surface area contributed by atoms with Gasteiger partial charge in [-0.1, -0.05) is 58.1 Å². The van der Waals surface area contributed by atoms with Crippen LogP contribution in [0.25, 0.3) is 0 Å². The first kappa shape index (κ1) is 15.8. The second-order valence-electron chi connectivity index (χ2n) is 6.74. The van der Waals surface area contributed by atoms with Crippen LogP contribution in [0.4, 0.5) is 0 Å². The molecule has 0 aromatic heterocycles. The van der Waals surface area contributed by atoms with Crippen LogP contribution in [0, 0.1) is 11.3 Å². The van der Waals surface area contributed by atoms with E-state index in [0.29, 0.717) is 11.3 Å². The van der Waals surface area contributed by atoms with E-state index < -0.39 is 0 Å². The van der Waals surface area contributed by atoms with Crippen molar-refractivity contribution in [3.8, 4) is 0 Å². The second-order valence-corrected chi connectivity index (χ2v) is 6.74. The van der Waals surface area contributed by atoms with Crippen LogP contribution in [-0.4, -0.2) is 11.2 Å². The molecule has 1 rings (SSSR count). The van der Waals surface area contributed by atoms with Crippen molar-refractivity contribution in [1.82, 2.24) is 0 Å². The summed E-state index contributed by atoms with van der Waals surface area (Å²) in [6.45, 7) is 10.7. The van der Waals surface area contributed by atoms with Crippen molar-refractivity contribution in [2.75, 3.05) is 0 Å². The number of aliphatic hydroxyl groups excluding tert-OH is 1. The zero-order valence-corrected chi connectivity index (χ0v) is 12.7. The molecule has 0 aliphatic heterocycles. The quantitative estimate of drug-likeness (QED) is 0.494. The topological polar surface area (TPSA) is 20.2 Å². The summed E-state index contributed by atoms with van der Waals surface area (Å²) in [5, 5.41) is 10.3. The molecule has 3 atom stereocenters. The number of rotatable bonds is 7. The third kappa shape index (κ3) is 4.76. The van der Waals surface area contributed by atoms with Gasteiger partial charge in [-0.2, -0.15) is 0 Å². The van der Waals surface area contributed by atoms with E-state index in [1.54, 1.807) is 0 Å². The molecule has 1 nitrogen and oxygen atoms in total. The molecular formula is C17H32O. The lowest BCUT2D eigenvalue weighted by Gasteiger charge is -2.41. The first-order valence-corrected chi connectivity index (χ1v) is 7.82. The molecule has 0 heterocycles. The highest BCUT2D eigenvalue weighted by Crippen LogP contribution is 2.44. The van der Waals surface area contributed by atoms with Gasteiger partial charge in [-0.25, -0.2) is 0 Å². The van der Waals surface area contributed by atoms with Gasteiger partial charge in [0.25, 0.3) is 0 Å². The highest BCUT2D eigenvalue weighted by atomic mass is 16.3. The van der Waals surface area contributed by atoms with E-state index in [9.17, 15) is 5.11 Å². The Morgan fingerprint density at radius 1 is 1.28 bits per heavy atom. The lowest BCUT2D eigenvalue weighted by Crippen LogP contribution is -2.35. The molecule has 1 fully saturated rings. The largest absolute Gasteiger partial charge is 0.392 e. The zero-order chi connectivity index (χ0) is 13.6. The fourth-order valence-electron chi connectivity index (χ4n) is 3.40. The molecule has 1 aliphatic carbocycles. The lowest BCUT2D eigenvalue weighted by molar-refractivity contribution is 0.0171.